The molecule has 2 N–H and O–H groups in total. The van der Waals surface area contributed by atoms with Crippen LogP contribution >= 0.6 is 15.9 Å². The number of carboxylic acid groups (broad SMARTS) is 1. The summed E-state index contributed by atoms with van der Waals surface area (Å²) in [6.45, 7) is 5.03. The summed E-state index contributed by atoms with van der Waals surface area (Å²) in [5.41, 5.74) is 1.26. The SMILES string of the molecule is Cc1cc(Br)ccc1CC(=O)Nc1cnn(C(C)(C)C(=O)O)c1. The molecule has 0 saturated heterocycles. The van der Waals surface area contributed by atoms with E-state index in [-0.39, 0.29) is 12.3 Å². The van der Waals surface area contributed by atoms with E-state index in [0.29, 0.717) is 5.69 Å². The van der Waals surface area contributed by atoms with Gasteiger partial charge in [-0.25, -0.2) is 4.79 Å². The Hall–Kier alpha value is -2.15. The van der Waals surface area contributed by atoms with E-state index < -0.39 is 11.5 Å². The van der Waals surface area contributed by atoms with Gasteiger partial charge in [-0.1, -0.05) is 22.0 Å². The van der Waals surface area contributed by atoms with Gasteiger partial charge in [0.05, 0.1) is 18.3 Å². The molecule has 0 aliphatic heterocycles. The lowest BCUT2D eigenvalue weighted by Crippen LogP contribution is -2.35. The van der Waals surface area contributed by atoms with E-state index in [1.54, 1.807) is 13.8 Å². The first-order chi connectivity index (χ1) is 10.7. The molecule has 0 atom stereocenters. The lowest BCUT2D eigenvalue weighted by Gasteiger charge is -2.19. The van der Waals surface area contributed by atoms with E-state index in [2.05, 4.69) is 26.3 Å². The van der Waals surface area contributed by atoms with Crippen LogP contribution in [-0.2, 0) is 21.5 Å². The third-order valence-corrected chi connectivity index (χ3v) is 4.11. The minimum absolute atomic E-state index is 0.178. The van der Waals surface area contributed by atoms with E-state index in [0.717, 1.165) is 15.6 Å². The summed E-state index contributed by atoms with van der Waals surface area (Å²) in [5.74, 6) is -1.17. The van der Waals surface area contributed by atoms with Crippen molar-refractivity contribution in [3.8, 4) is 0 Å². The van der Waals surface area contributed by atoms with Gasteiger partial charge in [0, 0.05) is 10.7 Å². The molecule has 0 saturated carbocycles. The highest BCUT2D eigenvalue weighted by Crippen LogP contribution is 2.19. The number of aryl methyl sites for hydroxylation is 1. The largest absolute Gasteiger partial charge is 0.479 e. The van der Waals surface area contributed by atoms with Crippen LogP contribution in [0.4, 0.5) is 5.69 Å². The number of carbonyl (C=O) groups excluding carboxylic acids is 1. The molecule has 2 aromatic rings. The number of carboxylic acids is 1. The van der Waals surface area contributed by atoms with Crippen molar-refractivity contribution in [3.63, 3.8) is 0 Å². The Kier molecular flexibility index (Phi) is 4.89. The Morgan fingerprint density at radius 3 is 2.70 bits per heavy atom. The number of amides is 1. The predicted molar refractivity (Wildman–Crippen MR) is 90.4 cm³/mol. The topological polar surface area (TPSA) is 84.2 Å². The van der Waals surface area contributed by atoms with Crippen molar-refractivity contribution in [2.75, 3.05) is 5.32 Å². The standard InChI is InChI=1S/C16H18BrN3O3/c1-10-6-12(17)5-4-11(10)7-14(21)19-13-8-18-20(9-13)16(2,3)15(22)23/h4-6,8-9H,7H2,1-3H3,(H,19,21)(H,22,23). The number of carbonyl (C=O) groups is 2. The molecule has 0 spiro atoms. The number of aromatic nitrogens is 2. The highest BCUT2D eigenvalue weighted by molar-refractivity contribution is 9.10. The monoisotopic (exact) mass is 379 g/mol. The number of halogens is 1. The molecular weight excluding hydrogens is 362 g/mol. The number of rotatable bonds is 5. The summed E-state index contributed by atoms with van der Waals surface area (Å²) in [4.78, 5) is 23.3. The van der Waals surface area contributed by atoms with Crippen molar-refractivity contribution in [2.24, 2.45) is 0 Å². The van der Waals surface area contributed by atoms with Gasteiger partial charge in [0.15, 0.2) is 5.54 Å². The van der Waals surface area contributed by atoms with E-state index in [1.807, 2.05) is 25.1 Å². The Balaban J connectivity index is 2.07. The van der Waals surface area contributed by atoms with E-state index in [1.165, 1.54) is 17.1 Å². The number of benzene rings is 1. The highest BCUT2D eigenvalue weighted by atomic mass is 79.9. The van der Waals surface area contributed by atoms with Crippen molar-refractivity contribution in [3.05, 3.63) is 46.2 Å². The quantitative estimate of drug-likeness (QED) is 0.836. The molecular formula is C16H18BrN3O3. The molecule has 7 heteroatoms. The number of anilines is 1. The molecule has 0 bridgehead atoms. The van der Waals surface area contributed by atoms with Crippen LogP contribution in [0.2, 0.25) is 0 Å². The molecule has 1 aromatic heterocycles. The van der Waals surface area contributed by atoms with E-state index >= 15 is 0 Å². The molecule has 2 rings (SSSR count). The molecule has 6 nitrogen and oxygen atoms in total. The predicted octanol–water partition coefficient (Wildman–Crippen LogP) is 2.95. The second-order valence-corrected chi connectivity index (χ2v) is 6.75. The highest BCUT2D eigenvalue weighted by Gasteiger charge is 2.30. The molecule has 0 aliphatic carbocycles. The fraction of sp³-hybridized carbons (Fsp3) is 0.312. The van der Waals surface area contributed by atoms with Crippen LogP contribution in [0.5, 0.6) is 0 Å². The van der Waals surface area contributed by atoms with Crippen LogP contribution in [0.3, 0.4) is 0 Å². The molecule has 0 radical (unpaired) electrons. The van der Waals surface area contributed by atoms with Crippen LogP contribution in [-0.4, -0.2) is 26.8 Å². The van der Waals surface area contributed by atoms with Crippen molar-refractivity contribution < 1.29 is 14.7 Å². The van der Waals surface area contributed by atoms with E-state index in [9.17, 15) is 14.7 Å². The molecule has 0 fully saturated rings. The Bertz CT molecular complexity index is 753. The normalized spacial score (nSPS) is 11.3. The third-order valence-electron chi connectivity index (χ3n) is 3.62. The molecule has 0 aliphatic rings. The van der Waals surface area contributed by atoms with Gasteiger partial charge < -0.3 is 10.4 Å². The van der Waals surface area contributed by atoms with Crippen LogP contribution < -0.4 is 5.32 Å². The van der Waals surface area contributed by atoms with Crippen LogP contribution in [0.25, 0.3) is 0 Å². The minimum atomic E-state index is -1.18. The van der Waals surface area contributed by atoms with Crippen LogP contribution in [0.15, 0.2) is 35.1 Å². The first kappa shape index (κ1) is 17.2. The summed E-state index contributed by atoms with van der Waals surface area (Å²) in [6, 6.07) is 5.75. The maximum Gasteiger partial charge on any atom is 0.331 e. The van der Waals surface area contributed by atoms with Crippen LogP contribution in [0.1, 0.15) is 25.0 Å². The number of hydrogen-bond acceptors (Lipinski definition) is 3. The number of nitrogens with zero attached hydrogens (tertiary/aromatic N) is 2. The van der Waals surface area contributed by atoms with Gasteiger partial charge in [0.2, 0.25) is 5.91 Å². The molecule has 1 heterocycles. The fourth-order valence-electron chi connectivity index (χ4n) is 2.03. The van der Waals surface area contributed by atoms with Gasteiger partial charge in [-0.3, -0.25) is 9.48 Å². The van der Waals surface area contributed by atoms with Crippen molar-refractivity contribution >= 4 is 33.5 Å². The summed E-state index contributed by atoms with van der Waals surface area (Å²) in [5, 5.41) is 15.9. The Labute approximate surface area is 142 Å². The zero-order valence-electron chi connectivity index (χ0n) is 13.1. The second kappa shape index (κ2) is 6.54. The van der Waals surface area contributed by atoms with Gasteiger partial charge in [-0.05, 0) is 44.0 Å². The number of hydrogen-bond donors (Lipinski definition) is 2. The summed E-state index contributed by atoms with van der Waals surface area (Å²) < 4.78 is 2.28. The lowest BCUT2D eigenvalue weighted by molar-refractivity contribution is -0.146. The molecule has 23 heavy (non-hydrogen) atoms. The maximum atomic E-state index is 12.1. The lowest BCUT2D eigenvalue weighted by atomic mass is 10.1. The zero-order valence-corrected chi connectivity index (χ0v) is 14.7. The van der Waals surface area contributed by atoms with Gasteiger partial charge in [0.25, 0.3) is 0 Å². The van der Waals surface area contributed by atoms with Crippen molar-refractivity contribution in [1.82, 2.24) is 9.78 Å². The summed E-state index contributed by atoms with van der Waals surface area (Å²) in [7, 11) is 0. The van der Waals surface area contributed by atoms with Gasteiger partial charge in [-0.15, -0.1) is 0 Å². The smallest absolute Gasteiger partial charge is 0.331 e. The maximum absolute atomic E-state index is 12.1. The van der Waals surface area contributed by atoms with Crippen LogP contribution in [0, 0.1) is 6.92 Å². The first-order valence-electron chi connectivity index (χ1n) is 7.03. The van der Waals surface area contributed by atoms with E-state index in [4.69, 9.17) is 0 Å². The first-order valence-corrected chi connectivity index (χ1v) is 7.83. The fourth-order valence-corrected chi connectivity index (χ4v) is 2.50. The van der Waals surface area contributed by atoms with Gasteiger partial charge >= 0.3 is 5.97 Å². The molecule has 122 valence electrons. The summed E-state index contributed by atoms with van der Waals surface area (Å²) >= 11 is 3.39. The second-order valence-electron chi connectivity index (χ2n) is 5.83. The van der Waals surface area contributed by atoms with Crippen molar-refractivity contribution in [2.45, 2.75) is 32.7 Å². The molecule has 0 unspecified atom stereocenters. The molecule has 1 amide bonds. The van der Waals surface area contributed by atoms with Crippen molar-refractivity contribution in [1.29, 1.82) is 0 Å². The zero-order chi connectivity index (χ0) is 17.2. The Morgan fingerprint density at radius 2 is 2.09 bits per heavy atom. The molecule has 1 aromatic carbocycles. The summed E-state index contributed by atoms with van der Waals surface area (Å²) in [6.07, 6.45) is 3.20. The van der Waals surface area contributed by atoms with Gasteiger partial charge in [0.1, 0.15) is 0 Å². The average Bonchev–Trinajstić information content (AvgIpc) is 2.91. The average molecular weight is 380 g/mol. The third kappa shape index (κ3) is 3.98. The minimum Gasteiger partial charge on any atom is -0.479 e. The number of aliphatic carboxylic acids is 1. The van der Waals surface area contributed by atoms with Gasteiger partial charge in [-0.2, -0.15) is 5.10 Å². The number of nitrogens with one attached hydrogen (secondary N) is 1. The Morgan fingerprint density at radius 1 is 1.39 bits per heavy atom.